The molecule has 0 N–H and O–H groups in total. The van der Waals surface area contributed by atoms with Gasteiger partial charge >= 0.3 is 5.79 Å². The lowest BCUT2D eigenvalue weighted by Crippen LogP contribution is -2.42. The van der Waals surface area contributed by atoms with Gasteiger partial charge in [0.1, 0.15) is 6.26 Å². The highest BCUT2D eigenvalue weighted by Gasteiger charge is 2.47. The topological polar surface area (TPSA) is 71.1 Å². The maximum Gasteiger partial charge on any atom is 0.319 e. The minimum absolute atomic E-state index is 0.0231. The van der Waals surface area contributed by atoms with E-state index < -0.39 is 11.6 Å². The number of allylic oxidation sites excluding steroid dienone is 1. The van der Waals surface area contributed by atoms with E-state index in [0.717, 1.165) is 5.56 Å². The molecule has 2 aliphatic heterocycles. The largest absolute Gasteiger partial charge is 0.454 e. The predicted octanol–water partition coefficient (Wildman–Crippen LogP) is 2.62. The molecule has 0 amide bonds. The Kier molecular flexibility index (Phi) is 3.65. The van der Waals surface area contributed by atoms with Crippen molar-refractivity contribution in [3.8, 4) is 11.5 Å². The maximum absolute atomic E-state index is 13.1. The first-order valence-electron chi connectivity index (χ1n) is 7.71. The normalized spacial score (nSPS) is 20.4. The van der Waals surface area contributed by atoms with Crippen LogP contribution in [0.25, 0.3) is 0 Å². The van der Waals surface area contributed by atoms with E-state index in [2.05, 4.69) is 0 Å². The molecule has 0 aliphatic carbocycles. The summed E-state index contributed by atoms with van der Waals surface area (Å²) >= 11 is 0. The minimum Gasteiger partial charge on any atom is -0.454 e. The first-order valence-corrected chi connectivity index (χ1v) is 7.71. The molecule has 6 heteroatoms. The lowest BCUT2D eigenvalue weighted by atomic mass is 9.96. The van der Waals surface area contributed by atoms with E-state index >= 15 is 0 Å². The van der Waals surface area contributed by atoms with Crippen LogP contribution in [0.5, 0.6) is 11.5 Å². The fourth-order valence-corrected chi connectivity index (χ4v) is 2.82. The lowest BCUT2D eigenvalue weighted by molar-refractivity contribution is -0.123. The Morgan fingerprint density at radius 3 is 2.64 bits per heavy atom. The molecule has 0 radical (unpaired) electrons. The number of aldehydes is 1. The second-order valence-corrected chi connectivity index (χ2v) is 5.67. The first-order chi connectivity index (χ1) is 12.2. The molecule has 25 heavy (non-hydrogen) atoms. The van der Waals surface area contributed by atoms with Gasteiger partial charge in [-0.15, -0.1) is 0 Å². The molecule has 2 aromatic carbocycles. The second kappa shape index (κ2) is 5.98. The van der Waals surface area contributed by atoms with Crippen LogP contribution in [0.4, 0.5) is 0 Å². The minimum atomic E-state index is -1.62. The van der Waals surface area contributed by atoms with Gasteiger partial charge in [-0.3, -0.25) is 9.59 Å². The van der Waals surface area contributed by atoms with Crippen LogP contribution in [0.2, 0.25) is 0 Å². The average Bonchev–Trinajstić information content (AvgIpc) is 3.28. The fourth-order valence-electron chi connectivity index (χ4n) is 2.82. The molecule has 0 fully saturated rings. The molecule has 0 bridgehead atoms. The molecule has 0 spiro atoms. The van der Waals surface area contributed by atoms with E-state index in [1.807, 2.05) is 30.3 Å². The highest BCUT2D eigenvalue weighted by molar-refractivity contribution is 6.03. The van der Waals surface area contributed by atoms with E-state index in [1.165, 1.54) is 6.26 Å². The van der Waals surface area contributed by atoms with Crippen LogP contribution in [0.15, 0.2) is 60.6 Å². The summed E-state index contributed by atoms with van der Waals surface area (Å²) in [5, 5.41) is 0. The SMILES string of the molecule is O=CC1=COC(Cc2ccccc2)(C(=O)c2ccc3c(c2)OCO3)O1. The van der Waals surface area contributed by atoms with E-state index in [9.17, 15) is 9.59 Å². The smallest absolute Gasteiger partial charge is 0.319 e. The molecule has 2 heterocycles. The maximum atomic E-state index is 13.1. The second-order valence-electron chi connectivity index (χ2n) is 5.67. The number of carbonyl (C=O) groups excluding carboxylic acids is 2. The van der Waals surface area contributed by atoms with Gasteiger partial charge in [-0.1, -0.05) is 30.3 Å². The van der Waals surface area contributed by atoms with E-state index in [-0.39, 0.29) is 19.0 Å². The summed E-state index contributed by atoms with van der Waals surface area (Å²) in [5.74, 6) is -0.977. The Morgan fingerprint density at radius 1 is 1.08 bits per heavy atom. The highest BCUT2D eigenvalue weighted by Crippen LogP contribution is 2.36. The van der Waals surface area contributed by atoms with Gasteiger partial charge in [-0.25, -0.2) is 0 Å². The molecule has 4 rings (SSSR count). The Morgan fingerprint density at radius 2 is 1.88 bits per heavy atom. The summed E-state index contributed by atoms with van der Waals surface area (Å²) in [6.45, 7) is 0.117. The zero-order chi connectivity index (χ0) is 17.3. The quantitative estimate of drug-likeness (QED) is 0.616. The number of ether oxygens (including phenoxy) is 4. The van der Waals surface area contributed by atoms with Gasteiger partial charge in [-0.05, 0) is 23.8 Å². The van der Waals surface area contributed by atoms with Crippen molar-refractivity contribution >= 4 is 12.1 Å². The number of Topliss-reactive ketones (excluding diaryl/α,β-unsaturated/α-hetero) is 1. The summed E-state index contributed by atoms with van der Waals surface area (Å²) in [6, 6.07) is 14.2. The van der Waals surface area contributed by atoms with Crippen LogP contribution in [-0.4, -0.2) is 24.6 Å². The number of ketones is 1. The average molecular weight is 338 g/mol. The summed E-state index contributed by atoms with van der Waals surface area (Å²) in [6.07, 6.45) is 1.84. The van der Waals surface area contributed by atoms with Gasteiger partial charge in [0.05, 0.1) is 6.42 Å². The fraction of sp³-hybridized carbons (Fsp3) is 0.158. The summed E-state index contributed by atoms with van der Waals surface area (Å²) < 4.78 is 21.7. The van der Waals surface area contributed by atoms with Crippen molar-refractivity contribution in [2.45, 2.75) is 12.2 Å². The standard InChI is InChI=1S/C19H14O6/c20-10-15-11-24-19(25-15,9-13-4-2-1-3-5-13)18(21)14-6-7-16-17(8-14)23-12-22-16/h1-8,10-11H,9,12H2. The number of carbonyl (C=O) groups is 2. The van der Waals surface area contributed by atoms with Crippen LogP contribution >= 0.6 is 0 Å². The molecule has 2 aromatic rings. The third kappa shape index (κ3) is 2.71. The first kappa shape index (κ1) is 15.3. The van der Waals surface area contributed by atoms with Crippen molar-refractivity contribution < 1.29 is 28.5 Å². The number of hydrogen-bond donors (Lipinski definition) is 0. The van der Waals surface area contributed by atoms with Crippen molar-refractivity contribution in [3.05, 3.63) is 71.7 Å². The van der Waals surface area contributed by atoms with Gasteiger partial charge in [0, 0.05) is 5.56 Å². The van der Waals surface area contributed by atoms with Crippen molar-refractivity contribution in [3.63, 3.8) is 0 Å². The van der Waals surface area contributed by atoms with Crippen molar-refractivity contribution in [2.75, 3.05) is 6.79 Å². The number of fused-ring (bicyclic) bond motifs is 1. The molecule has 1 atom stereocenters. The molecular formula is C19H14O6. The van der Waals surface area contributed by atoms with Gasteiger partial charge in [0.2, 0.25) is 12.6 Å². The molecular weight excluding hydrogens is 324 g/mol. The van der Waals surface area contributed by atoms with Crippen LogP contribution in [0.1, 0.15) is 15.9 Å². The Balaban J connectivity index is 1.68. The Hall–Kier alpha value is -3.28. The zero-order valence-electron chi connectivity index (χ0n) is 13.1. The van der Waals surface area contributed by atoms with Crippen molar-refractivity contribution in [1.29, 1.82) is 0 Å². The number of hydrogen-bond acceptors (Lipinski definition) is 6. The number of rotatable bonds is 5. The van der Waals surface area contributed by atoms with Gasteiger partial charge in [0.15, 0.2) is 23.5 Å². The third-order valence-corrected chi connectivity index (χ3v) is 4.02. The van der Waals surface area contributed by atoms with Crippen LogP contribution in [0.3, 0.4) is 0 Å². The van der Waals surface area contributed by atoms with E-state index in [0.29, 0.717) is 23.3 Å². The van der Waals surface area contributed by atoms with Crippen molar-refractivity contribution in [1.82, 2.24) is 0 Å². The van der Waals surface area contributed by atoms with E-state index in [1.54, 1.807) is 18.2 Å². The Bertz CT molecular complexity index is 857. The van der Waals surface area contributed by atoms with Crippen LogP contribution < -0.4 is 9.47 Å². The molecule has 6 nitrogen and oxygen atoms in total. The summed E-state index contributed by atoms with van der Waals surface area (Å²) in [4.78, 5) is 24.2. The third-order valence-electron chi connectivity index (χ3n) is 4.02. The number of benzene rings is 2. The van der Waals surface area contributed by atoms with Gasteiger partial charge in [-0.2, -0.15) is 0 Å². The van der Waals surface area contributed by atoms with Crippen LogP contribution in [0, 0.1) is 0 Å². The molecule has 0 aromatic heterocycles. The molecule has 1 unspecified atom stereocenters. The Labute approximate surface area is 143 Å². The predicted molar refractivity (Wildman–Crippen MR) is 86.1 cm³/mol. The summed E-state index contributed by atoms with van der Waals surface area (Å²) in [5.41, 5.74) is 1.19. The van der Waals surface area contributed by atoms with Gasteiger partial charge in [0.25, 0.3) is 0 Å². The van der Waals surface area contributed by atoms with Gasteiger partial charge < -0.3 is 18.9 Å². The highest BCUT2D eigenvalue weighted by atomic mass is 16.7. The summed E-state index contributed by atoms with van der Waals surface area (Å²) in [7, 11) is 0. The molecule has 0 saturated carbocycles. The molecule has 126 valence electrons. The zero-order valence-corrected chi connectivity index (χ0v) is 13.1. The monoisotopic (exact) mass is 338 g/mol. The van der Waals surface area contributed by atoms with Crippen molar-refractivity contribution in [2.24, 2.45) is 0 Å². The van der Waals surface area contributed by atoms with Crippen LogP contribution in [-0.2, 0) is 20.7 Å². The molecule has 0 saturated heterocycles. The van der Waals surface area contributed by atoms with E-state index in [4.69, 9.17) is 18.9 Å². The lowest BCUT2D eigenvalue weighted by Gasteiger charge is -2.26. The molecule has 2 aliphatic rings.